The highest BCUT2D eigenvalue weighted by Gasteiger charge is 2.17. The van der Waals surface area contributed by atoms with Crippen LogP contribution in [-0.2, 0) is 12.2 Å². The van der Waals surface area contributed by atoms with Crippen molar-refractivity contribution >= 4 is 23.5 Å². The molecular weight excluding hydrogens is 254 g/mol. The lowest BCUT2D eigenvalue weighted by Gasteiger charge is -2.21. The first-order valence-electron chi connectivity index (χ1n) is 5.98. The van der Waals surface area contributed by atoms with Gasteiger partial charge in [-0.25, -0.2) is 0 Å². The van der Waals surface area contributed by atoms with Crippen molar-refractivity contribution in [3.63, 3.8) is 0 Å². The standard InChI is InChI=1S/C11H19N3OS2/c1-8(2)17-7-10-13-11(15-14-10)5-9-6-16-4-3-12-9/h8-9,12H,3-7H2,1-2H3. The lowest BCUT2D eigenvalue weighted by Crippen LogP contribution is -2.38. The third kappa shape index (κ3) is 4.52. The quantitative estimate of drug-likeness (QED) is 0.885. The summed E-state index contributed by atoms with van der Waals surface area (Å²) in [5, 5.41) is 8.09. The van der Waals surface area contributed by atoms with Gasteiger partial charge < -0.3 is 9.84 Å². The minimum atomic E-state index is 0.486. The Morgan fingerprint density at radius 2 is 2.47 bits per heavy atom. The molecule has 0 bridgehead atoms. The number of nitrogens with one attached hydrogen (secondary N) is 1. The van der Waals surface area contributed by atoms with E-state index >= 15 is 0 Å². The lowest BCUT2D eigenvalue weighted by atomic mass is 10.2. The number of thioether (sulfide) groups is 2. The van der Waals surface area contributed by atoms with Gasteiger partial charge in [0.15, 0.2) is 5.82 Å². The van der Waals surface area contributed by atoms with E-state index in [1.54, 1.807) is 0 Å². The van der Waals surface area contributed by atoms with Gasteiger partial charge in [0.1, 0.15) is 0 Å². The third-order valence-corrected chi connectivity index (χ3v) is 4.70. The van der Waals surface area contributed by atoms with Crippen LogP contribution in [0.2, 0.25) is 0 Å². The predicted octanol–water partition coefficient (Wildman–Crippen LogP) is 1.96. The maximum Gasteiger partial charge on any atom is 0.228 e. The summed E-state index contributed by atoms with van der Waals surface area (Å²) in [4.78, 5) is 4.43. The second-order valence-corrected chi connectivity index (χ2v) is 7.11. The van der Waals surface area contributed by atoms with Crippen LogP contribution in [0.3, 0.4) is 0 Å². The van der Waals surface area contributed by atoms with E-state index in [4.69, 9.17) is 4.52 Å². The second kappa shape index (κ2) is 6.66. The Bertz CT molecular complexity index is 337. The van der Waals surface area contributed by atoms with Gasteiger partial charge in [0.25, 0.3) is 0 Å². The topological polar surface area (TPSA) is 51.0 Å². The van der Waals surface area contributed by atoms with Gasteiger partial charge in [0, 0.05) is 30.5 Å². The van der Waals surface area contributed by atoms with E-state index in [1.807, 2.05) is 23.5 Å². The van der Waals surface area contributed by atoms with Crippen LogP contribution in [0, 0.1) is 0 Å². The average Bonchev–Trinajstić information content (AvgIpc) is 2.75. The summed E-state index contributed by atoms with van der Waals surface area (Å²) in [6.07, 6.45) is 0.854. The van der Waals surface area contributed by atoms with Gasteiger partial charge in [-0.05, 0) is 5.25 Å². The largest absolute Gasteiger partial charge is 0.339 e. The number of hydrogen-bond donors (Lipinski definition) is 1. The lowest BCUT2D eigenvalue weighted by molar-refractivity contribution is 0.359. The summed E-state index contributed by atoms with van der Waals surface area (Å²) in [5.41, 5.74) is 0. The highest BCUT2D eigenvalue weighted by Crippen LogP contribution is 2.16. The highest BCUT2D eigenvalue weighted by atomic mass is 32.2. The molecule has 0 radical (unpaired) electrons. The number of aromatic nitrogens is 2. The molecule has 0 amide bonds. The Labute approximate surface area is 111 Å². The summed E-state index contributed by atoms with van der Waals surface area (Å²) in [5.74, 6) is 4.77. The van der Waals surface area contributed by atoms with E-state index in [-0.39, 0.29) is 0 Å². The molecule has 1 saturated heterocycles. The minimum Gasteiger partial charge on any atom is -0.339 e. The van der Waals surface area contributed by atoms with Gasteiger partial charge in [0.05, 0.1) is 5.75 Å². The molecule has 6 heteroatoms. The van der Waals surface area contributed by atoms with E-state index in [9.17, 15) is 0 Å². The van der Waals surface area contributed by atoms with E-state index in [2.05, 4.69) is 29.3 Å². The smallest absolute Gasteiger partial charge is 0.228 e. The molecule has 96 valence electrons. The summed E-state index contributed by atoms with van der Waals surface area (Å²) in [6.45, 7) is 5.43. The van der Waals surface area contributed by atoms with E-state index < -0.39 is 0 Å². The van der Waals surface area contributed by atoms with Crippen LogP contribution in [0.15, 0.2) is 4.52 Å². The van der Waals surface area contributed by atoms with Crippen LogP contribution in [0.25, 0.3) is 0 Å². The molecular formula is C11H19N3OS2. The minimum absolute atomic E-state index is 0.486. The second-order valence-electron chi connectivity index (χ2n) is 4.39. The Kier molecular flexibility index (Phi) is 5.18. The molecule has 1 fully saturated rings. The van der Waals surface area contributed by atoms with Gasteiger partial charge in [-0.1, -0.05) is 19.0 Å². The van der Waals surface area contributed by atoms with Crippen LogP contribution >= 0.6 is 23.5 Å². The first-order chi connectivity index (χ1) is 8.24. The molecule has 0 spiro atoms. The van der Waals surface area contributed by atoms with Gasteiger partial charge in [0.2, 0.25) is 5.89 Å². The first kappa shape index (κ1) is 13.2. The Morgan fingerprint density at radius 3 is 3.18 bits per heavy atom. The molecule has 1 aliphatic rings. The summed E-state index contributed by atoms with van der Waals surface area (Å²) in [6, 6.07) is 0.486. The SMILES string of the molecule is CC(C)SCc1noc(CC2CSCCN2)n1. The monoisotopic (exact) mass is 273 g/mol. The molecule has 1 unspecified atom stereocenters. The Hall–Kier alpha value is -0.200. The summed E-state index contributed by atoms with van der Waals surface area (Å²) >= 11 is 3.83. The fourth-order valence-corrected chi connectivity index (χ4v) is 3.18. The van der Waals surface area contributed by atoms with Crippen molar-refractivity contribution in [2.24, 2.45) is 0 Å². The van der Waals surface area contributed by atoms with Crippen molar-refractivity contribution in [1.82, 2.24) is 15.5 Å². The summed E-state index contributed by atoms with van der Waals surface area (Å²) < 4.78 is 5.28. The van der Waals surface area contributed by atoms with Crippen LogP contribution < -0.4 is 5.32 Å². The van der Waals surface area contributed by atoms with Crippen LogP contribution in [0.1, 0.15) is 25.6 Å². The molecule has 0 aromatic carbocycles. The fourth-order valence-electron chi connectivity index (χ4n) is 1.63. The zero-order valence-electron chi connectivity index (χ0n) is 10.3. The van der Waals surface area contributed by atoms with Gasteiger partial charge in [-0.2, -0.15) is 28.5 Å². The molecule has 17 heavy (non-hydrogen) atoms. The molecule has 1 aromatic rings. The van der Waals surface area contributed by atoms with E-state index in [1.165, 1.54) is 5.75 Å². The predicted molar refractivity (Wildman–Crippen MR) is 73.5 cm³/mol. The van der Waals surface area contributed by atoms with Crippen molar-refractivity contribution in [2.75, 3.05) is 18.1 Å². The molecule has 0 aliphatic carbocycles. The molecule has 2 heterocycles. The zero-order valence-corrected chi connectivity index (χ0v) is 11.9. The van der Waals surface area contributed by atoms with E-state index in [0.29, 0.717) is 11.3 Å². The van der Waals surface area contributed by atoms with Crippen molar-refractivity contribution in [1.29, 1.82) is 0 Å². The number of rotatable bonds is 5. The van der Waals surface area contributed by atoms with Crippen molar-refractivity contribution in [3.8, 4) is 0 Å². The molecule has 4 nitrogen and oxygen atoms in total. The van der Waals surface area contributed by atoms with Crippen molar-refractivity contribution in [2.45, 2.75) is 37.3 Å². The van der Waals surface area contributed by atoms with Crippen LogP contribution in [-0.4, -0.2) is 39.5 Å². The molecule has 0 saturated carbocycles. The Balaban J connectivity index is 1.80. The van der Waals surface area contributed by atoms with Crippen molar-refractivity contribution < 1.29 is 4.52 Å². The molecule has 1 aliphatic heterocycles. The maximum atomic E-state index is 5.28. The molecule has 2 rings (SSSR count). The van der Waals surface area contributed by atoms with Crippen LogP contribution in [0.5, 0.6) is 0 Å². The molecule has 1 N–H and O–H groups in total. The fraction of sp³-hybridized carbons (Fsp3) is 0.818. The number of nitrogens with zero attached hydrogens (tertiary/aromatic N) is 2. The van der Waals surface area contributed by atoms with Gasteiger partial charge in [-0.15, -0.1) is 0 Å². The summed E-state index contributed by atoms with van der Waals surface area (Å²) in [7, 11) is 0. The molecule has 1 atom stereocenters. The zero-order chi connectivity index (χ0) is 12.1. The van der Waals surface area contributed by atoms with Gasteiger partial charge in [-0.3, -0.25) is 0 Å². The van der Waals surface area contributed by atoms with Gasteiger partial charge >= 0.3 is 0 Å². The molecule has 1 aromatic heterocycles. The average molecular weight is 273 g/mol. The number of hydrogen-bond acceptors (Lipinski definition) is 6. The normalized spacial score (nSPS) is 21.0. The van der Waals surface area contributed by atoms with Crippen molar-refractivity contribution in [3.05, 3.63) is 11.7 Å². The highest BCUT2D eigenvalue weighted by molar-refractivity contribution is 7.99. The Morgan fingerprint density at radius 1 is 1.59 bits per heavy atom. The maximum absolute atomic E-state index is 5.28. The van der Waals surface area contributed by atoms with E-state index in [0.717, 1.165) is 36.2 Å². The third-order valence-electron chi connectivity index (χ3n) is 2.48. The first-order valence-corrected chi connectivity index (χ1v) is 8.18. The van der Waals surface area contributed by atoms with Crippen LogP contribution in [0.4, 0.5) is 0 Å².